The zero-order valence-electron chi connectivity index (χ0n) is 11.8. The van der Waals surface area contributed by atoms with Crippen molar-refractivity contribution in [3.63, 3.8) is 0 Å². The molecule has 100 valence electrons. The van der Waals surface area contributed by atoms with Crippen LogP contribution in [0.5, 0.6) is 0 Å². The molecule has 2 heteroatoms. The number of para-hydroxylation sites is 1. The van der Waals surface area contributed by atoms with E-state index in [0.29, 0.717) is 0 Å². The SMILES string of the molecule is CN(CCN(C)C1CCCCC1)c1ccccc1. The van der Waals surface area contributed by atoms with Crippen molar-refractivity contribution in [2.45, 2.75) is 38.1 Å². The van der Waals surface area contributed by atoms with Crippen molar-refractivity contribution >= 4 is 5.69 Å². The number of hydrogen-bond acceptors (Lipinski definition) is 2. The minimum Gasteiger partial charge on any atom is -0.373 e. The van der Waals surface area contributed by atoms with Gasteiger partial charge in [0.15, 0.2) is 0 Å². The molecule has 1 aliphatic rings. The van der Waals surface area contributed by atoms with Crippen LogP contribution >= 0.6 is 0 Å². The monoisotopic (exact) mass is 246 g/mol. The highest BCUT2D eigenvalue weighted by molar-refractivity contribution is 5.44. The van der Waals surface area contributed by atoms with Crippen LogP contribution in [0.3, 0.4) is 0 Å². The molecule has 0 bridgehead atoms. The van der Waals surface area contributed by atoms with Gasteiger partial charge in [-0.1, -0.05) is 37.5 Å². The van der Waals surface area contributed by atoms with Crippen molar-refractivity contribution in [2.24, 2.45) is 0 Å². The summed E-state index contributed by atoms with van der Waals surface area (Å²) in [4.78, 5) is 4.90. The highest BCUT2D eigenvalue weighted by Gasteiger charge is 2.17. The molecule has 0 aromatic heterocycles. The molecule has 0 spiro atoms. The lowest BCUT2D eigenvalue weighted by atomic mass is 9.94. The molecular weight excluding hydrogens is 220 g/mol. The van der Waals surface area contributed by atoms with Crippen LogP contribution in [0.2, 0.25) is 0 Å². The Labute approximate surface area is 112 Å². The minimum absolute atomic E-state index is 0.822. The Morgan fingerprint density at radius 3 is 2.28 bits per heavy atom. The summed E-state index contributed by atoms with van der Waals surface area (Å²) in [5.74, 6) is 0. The highest BCUT2D eigenvalue weighted by atomic mass is 15.2. The molecule has 1 aliphatic carbocycles. The number of likely N-dealkylation sites (N-methyl/N-ethyl adjacent to an activating group) is 2. The van der Waals surface area contributed by atoms with Gasteiger partial charge in [0.2, 0.25) is 0 Å². The summed E-state index contributed by atoms with van der Waals surface area (Å²) in [6.45, 7) is 2.27. The number of anilines is 1. The van der Waals surface area contributed by atoms with E-state index in [1.54, 1.807) is 0 Å². The first-order chi connectivity index (χ1) is 8.77. The molecule has 0 N–H and O–H groups in total. The maximum Gasteiger partial charge on any atom is 0.0364 e. The van der Waals surface area contributed by atoms with E-state index in [1.165, 1.54) is 37.8 Å². The predicted molar refractivity (Wildman–Crippen MR) is 79.2 cm³/mol. The van der Waals surface area contributed by atoms with Crippen molar-refractivity contribution in [1.82, 2.24) is 4.90 Å². The van der Waals surface area contributed by atoms with E-state index < -0.39 is 0 Å². The van der Waals surface area contributed by atoms with Crippen LogP contribution in [0.4, 0.5) is 5.69 Å². The largest absolute Gasteiger partial charge is 0.373 e. The van der Waals surface area contributed by atoms with E-state index in [9.17, 15) is 0 Å². The first kappa shape index (κ1) is 13.4. The van der Waals surface area contributed by atoms with E-state index in [0.717, 1.165) is 19.1 Å². The predicted octanol–water partition coefficient (Wildman–Crippen LogP) is 3.39. The molecular formula is C16H26N2. The molecule has 2 nitrogen and oxygen atoms in total. The summed E-state index contributed by atoms with van der Waals surface area (Å²) in [5.41, 5.74) is 1.31. The fourth-order valence-corrected chi connectivity index (χ4v) is 2.82. The molecule has 0 saturated heterocycles. The fraction of sp³-hybridized carbons (Fsp3) is 0.625. The minimum atomic E-state index is 0.822. The number of rotatable bonds is 5. The normalized spacial score (nSPS) is 17.1. The highest BCUT2D eigenvalue weighted by Crippen LogP contribution is 2.21. The Kier molecular flexibility index (Phi) is 5.06. The third-order valence-corrected chi connectivity index (χ3v) is 4.18. The maximum absolute atomic E-state index is 2.55. The molecule has 0 radical (unpaired) electrons. The summed E-state index contributed by atoms with van der Waals surface area (Å²) < 4.78 is 0. The van der Waals surface area contributed by atoms with Crippen molar-refractivity contribution in [1.29, 1.82) is 0 Å². The van der Waals surface area contributed by atoms with E-state index in [-0.39, 0.29) is 0 Å². The lowest BCUT2D eigenvalue weighted by Crippen LogP contribution is -2.38. The van der Waals surface area contributed by atoms with Crippen LogP contribution < -0.4 is 4.90 Å². The van der Waals surface area contributed by atoms with Gasteiger partial charge >= 0.3 is 0 Å². The summed E-state index contributed by atoms with van der Waals surface area (Å²) in [6, 6.07) is 11.5. The molecule has 1 fully saturated rings. The Morgan fingerprint density at radius 1 is 0.944 bits per heavy atom. The zero-order valence-corrected chi connectivity index (χ0v) is 11.8. The van der Waals surface area contributed by atoms with Crippen LogP contribution in [0, 0.1) is 0 Å². The molecule has 0 amide bonds. The molecule has 0 heterocycles. The third-order valence-electron chi connectivity index (χ3n) is 4.18. The van der Waals surface area contributed by atoms with Gasteiger partial charge in [0.1, 0.15) is 0 Å². The average molecular weight is 246 g/mol. The van der Waals surface area contributed by atoms with Gasteiger partial charge in [-0.15, -0.1) is 0 Å². The van der Waals surface area contributed by atoms with Gasteiger partial charge in [-0.3, -0.25) is 0 Å². The second-order valence-electron chi connectivity index (χ2n) is 5.53. The van der Waals surface area contributed by atoms with Crippen molar-refractivity contribution in [3.05, 3.63) is 30.3 Å². The van der Waals surface area contributed by atoms with Gasteiger partial charge in [0.05, 0.1) is 0 Å². The number of nitrogens with zero attached hydrogens (tertiary/aromatic N) is 2. The molecule has 0 unspecified atom stereocenters. The number of benzene rings is 1. The van der Waals surface area contributed by atoms with Crippen molar-refractivity contribution in [2.75, 3.05) is 32.1 Å². The summed E-state index contributed by atoms with van der Waals surface area (Å²) in [7, 11) is 4.47. The van der Waals surface area contributed by atoms with Crippen LogP contribution in [0.1, 0.15) is 32.1 Å². The molecule has 2 rings (SSSR count). The summed E-state index contributed by atoms with van der Waals surface area (Å²) in [5, 5.41) is 0. The lowest BCUT2D eigenvalue weighted by Gasteiger charge is -2.32. The Morgan fingerprint density at radius 2 is 1.61 bits per heavy atom. The number of hydrogen-bond donors (Lipinski definition) is 0. The van der Waals surface area contributed by atoms with Crippen LogP contribution in [0.15, 0.2) is 30.3 Å². The Balaban J connectivity index is 1.76. The Bertz CT molecular complexity index is 330. The molecule has 1 saturated carbocycles. The topological polar surface area (TPSA) is 6.48 Å². The van der Waals surface area contributed by atoms with E-state index >= 15 is 0 Å². The fourth-order valence-electron chi connectivity index (χ4n) is 2.82. The first-order valence-corrected chi connectivity index (χ1v) is 7.24. The first-order valence-electron chi connectivity index (χ1n) is 7.24. The molecule has 1 aromatic rings. The van der Waals surface area contributed by atoms with Gasteiger partial charge in [-0.25, -0.2) is 0 Å². The van der Waals surface area contributed by atoms with E-state index in [2.05, 4.69) is 54.2 Å². The molecule has 0 aliphatic heterocycles. The third kappa shape index (κ3) is 3.74. The van der Waals surface area contributed by atoms with Crippen LogP contribution in [-0.2, 0) is 0 Å². The van der Waals surface area contributed by atoms with Crippen LogP contribution in [0.25, 0.3) is 0 Å². The van der Waals surface area contributed by atoms with Gasteiger partial charge in [0, 0.05) is 31.9 Å². The second kappa shape index (κ2) is 6.79. The van der Waals surface area contributed by atoms with E-state index in [4.69, 9.17) is 0 Å². The van der Waals surface area contributed by atoms with E-state index in [1.807, 2.05) is 0 Å². The second-order valence-corrected chi connectivity index (χ2v) is 5.53. The maximum atomic E-state index is 2.55. The Hall–Kier alpha value is -1.02. The zero-order chi connectivity index (χ0) is 12.8. The summed E-state index contributed by atoms with van der Waals surface area (Å²) in [6.07, 6.45) is 7.07. The quantitative estimate of drug-likeness (QED) is 0.786. The summed E-state index contributed by atoms with van der Waals surface area (Å²) >= 11 is 0. The van der Waals surface area contributed by atoms with Crippen molar-refractivity contribution in [3.8, 4) is 0 Å². The van der Waals surface area contributed by atoms with Gasteiger partial charge in [-0.05, 0) is 32.0 Å². The van der Waals surface area contributed by atoms with Crippen LogP contribution in [-0.4, -0.2) is 38.1 Å². The molecule has 1 aromatic carbocycles. The smallest absolute Gasteiger partial charge is 0.0364 e. The van der Waals surface area contributed by atoms with Crippen molar-refractivity contribution < 1.29 is 0 Å². The molecule has 18 heavy (non-hydrogen) atoms. The lowest BCUT2D eigenvalue weighted by molar-refractivity contribution is 0.196. The molecule has 0 atom stereocenters. The average Bonchev–Trinajstić information content (AvgIpc) is 2.46. The van der Waals surface area contributed by atoms with Gasteiger partial charge in [-0.2, -0.15) is 0 Å². The standard InChI is InChI=1S/C16H26N2/c1-17(15-9-5-3-6-10-15)13-14-18(2)16-11-7-4-8-12-16/h3,5-6,9-10,16H,4,7-8,11-14H2,1-2H3. The van der Waals surface area contributed by atoms with Gasteiger partial charge < -0.3 is 9.80 Å². The van der Waals surface area contributed by atoms with Gasteiger partial charge in [0.25, 0.3) is 0 Å².